The van der Waals surface area contributed by atoms with Gasteiger partial charge in [0.25, 0.3) is 0 Å². The van der Waals surface area contributed by atoms with Crippen LogP contribution in [0.15, 0.2) is 48.5 Å². The summed E-state index contributed by atoms with van der Waals surface area (Å²) in [7, 11) is 0. The van der Waals surface area contributed by atoms with Crippen molar-refractivity contribution >= 4 is 17.6 Å². The molecule has 0 radical (unpaired) electrons. The number of nitrogens with one attached hydrogen (secondary N) is 1. The molecule has 2 aromatic rings. The van der Waals surface area contributed by atoms with E-state index < -0.39 is 5.97 Å². The summed E-state index contributed by atoms with van der Waals surface area (Å²) < 4.78 is 5.33. The van der Waals surface area contributed by atoms with Crippen molar-refractivity contribution in [3.8, 4) is 5.75 Å². The molecule has 0 heterocycles. The van der Waals surface area contributed by atoms with Crippen molar-refractivity contribution in [1.82, 2.24) is 0 Å². The Labute approximate surface area is 117 Å². The number of hydrogen-bond acceptors (Lipinski definition) is 3. The van der Waals surface area contributed by atoms with Gasteiger partial charge in [-0.2, -0.15) is 0 Å². The highest BCUT2D eigenvalue weighted by Gasteiger charge is 2.09. The van der Waals surface area contributed by atoms with Crippen molar-refractivity contribution in [2.75, 3.05) is 5.32 Å². The van der Waals surface area contributed by atoms with Crippen LogP contribution in [0.5, 0.6) is 5.75 Å². The largest absolute Gasteiger partial charge is 0.423 e. The number of rotatable bonds is 3. The predicted molar refractivity (Wildman–Crippen MR) is 76.9 cm³/mol. The monoisotopic (exact) mass is 269 g/mol. The first-order valence-electron chi connectivity index (χ1n) is 6.22. The maximum absolute atomic E-state index is 12.0. The number of ether oxygens (including phenoxy) is 1. The fourth-order valence-corrected chi connectivity index (χ4v) is 1.72. The molecule has 0 unspecified atom stereocenters. The van der Waals surface area contributed by atoms with Crippen LogP contribution < -0.4 is 10.1 Å². The molecule has 0 atom stereocenters. The van der Waals surface area contributed by atoms with Crippen LogP contribution in [0.2, 0.25) is 0 Å². The van der Waals surface area contributed by atoms with E-state index in [0.717, 1.165) is 5.56 Å². The minimum Gasteiger partial charge on any atom is -0.423 e. The fourth-order valence-electron chi connectivity index (χ4n) is 1.72. The highest BCUT2D eigenvalue weighted by atomic mass is 16.5. The van der Waals surface area contributed by atoms with Gasteiger partial charge >= 0.3 is 5.97 Å². The summed E-state index contributed by atoms with van der Waals surface area (Å²) in [6, 6.07) is 13.9. The van der Waals surface area contributed by atoms with Gasteiger partial charge in [-0.25, -0.2) is 4.79 Å². The molecule has 1 N–H and O–H groups in total. The van der Waals surface area contributed by atoms with Crippen molar-refractivity contribution < 1.29 is 14.3 Å². The van der Waals surface area contributed by atoms with Gasteiger partial charge in [-0.05, 0) is 42.8 Å². The second kappa shape index (κ2) is 6.02. The molecule has 0 aliphatic carbocycles. The molecule has 1 amide bonds. The molecule has 4 heteroatoms. The van der Waals surface area contributed by atoms with Crippen molar-refractivity contribution in [3.63, 3.8) is 0 Å². The lowest BCUT2D eigenvalue weighted by Gasteiger charge is -2.07. The third-order valence-corrected chi connectivity index (χ3v) is 2.74. The highest BCUT2D eigenvalue weighted by Crippen LogP contribution is 2.18. The third kappa shape index (κ3) is 3.45. The molecule has 2 rings (SSSR count). The Morgan fingerprint density at radius 3 is 2.25 bits per heavy atom. The number of carbonyl (C=O) groups excluding carboxylic acids is 2. The van der Waals surface area contributed by atoms with Crippen molar-refractivity contribution in [2.45, 2.75) is 13.8 Å². The fraction of sp³-hybridized carbons (Fsp3) is 0.125. The molecule has 0 aliphatic heterocycles. The van der Waals surface area contributed by atoms with E-state index in [0.29, 0.717) is 17.0 Å². The highest BCUT2D eigenvalue weighted by molar-refractivity contribution is 5.93. The summed E-state index contributed by atoms with van der Waals surface area (Å²) in [5.74, 6) is -0.0302. The Kier molecular flexibility index (Phi) is 4.15. The quantitative estimate of drug-likeness (QED) is 0.687. The molecular formula is C16H15NO3. The Morgan fingerprint density at radius 2 is 1.65 bits per heavy atom. The summed E-state index contributed by atoms with van der Waals surface area (Å²) in [5, 5.41) is 2.64. The number of aryl methyl sites for hydroxylation is 1. The lowest BCUT2D eigenvalue weighted by Crippen LogP contribution is -2.10. The molecule has 102 valence electrons. The van der Waals surface area contributed by atoms with E-state index >= 15 is 0 Å². The van der Waals surface area contributed by atoms with E-state index in [1.54, 1.807) is 30.3 Å². The lowest BCUT2D eigenvalue weighted by atomic mass is 10.2. The van der Waals surface area contributed by atoms with Crippen LogP contribution >= 0.6 is 0 Å². The van der Waals surface area contributed by atoms with Crippen LogP contribution in [0, 0.1) is 6.92 Å². The Bertz CT molecular complexity index is 632. The first-order chi connectivity index (χ1) is 9.56. The third-order valence-electron chi connectivity index (χ3n) is 2.74. The minimum atomic E-state index is -0.423. The van der Waals surface area contributed by atoms with Gasteiger partial charge in [-0.15, -0.1) is 0 Å². The number of carbonyl (C=O) groups is 2. The SMILES string of the molecule is CC(=O)Nc1ccc(C(=O)Oc2ccccc2C)cc1. The first kappa shape index (κ1) is 13.8. The summed E-state index contributed by atoms with van der Waals surface area (Å²) in [6.07, 6.45) is 0. The molecule has 0 saturated heterocycles. The number of anilines is 1. The molecule has 0 fully saturated rings. The molecule has 0 saturated carbocycles. The van der Waals surface area contributed by atoms with E-state index in [-0.39, 0.29) is 5.91 Å². The predicted octanol–water partition coefficient (Wildman–Crippen LogP) is 3.17. The summed E-state index contributed by atoms with van der Waals surface area (Å²) >= 11 is 0. The summed E-state index contributed by atoms with van der Waals surface area (Å²) in [5.41, 5.74) is 1.98. The molecule has 0 spiro atoms. The molecule has 2 aromatic carbocycles. The maximum Gasteiger partial charge on any atom is 0.343 e. The van der Waals surface area contributed by atoms with Gasteiger partial charge in [0.05, 0.1) is 5.56 Å². The molecule has 0 aromatic heterocycles. The smallest absolute Gasteiger partial charge is 0.343 e. The number of para-hydroxylation sites is 1. The Hall–Kier alpha value is -2.62. The van der Waals surface area contributed by atoms with E-state index in [1.807, 2.05) is 25.1 Å². The molecule has 0 aliphatic rings. The second-order valence-corrected chi connectivity index (χ2v) is 4.41. The van der Waals surface area contributed by atoms with Gasteiger partial charge in [0, 0.05) is 12.6 Å². The van der Waals surface area contributed by atoms with Crippen molar-refractivity contribution in [1.29, 1.82) is 0 Å². The van der Waals surface area contributed by atoms with Gasteiger partial charge in [-0.3, -0.25) is 4.79 Å². The lowest BCUT2D eigenvalue weighted by molar-refractivity contribution is -0.114. The molecule has 20 heavy (non-hydrogen) atoms. The number of amides is 1. The topological polar surface area (TPSA) is 55.4 Å². The van der Waals surface area contributed by atoms with Crippen LogP contribution in [-0.4, -0.2) is 11.9 Å². The average Bonchev–Trinajstić information content (AvgIpc) is 2.41. The zero-order valence-electron chi connectivity index (χ0n) is 11.3. The standard InChI is InChI=1S/C16H15NO3/c1-11-5-3-4-6-15(11)20-16(19)13-7-9-14(10-8-13)17-12(2)18/h3-10H,1-2H3,(H,17,18). The van der Waals surface area contributed by atoms with Gasteiger partial charge < -0.3 is 10.1 Å². The number of hydrogen-bond donors (Lipinski definition) is 1. The van der Waals surface area contributed by atoms with Crippen molar-refractivity contribution in [3.05, 3.63) is 59.7 Å². The Balaban J connectivity index is 2.10. The van der Waals surface area contributed by atoms with Crippen LogP contribution in [0.3, 0.4) is 0 Å². The van der Waals surface area contributed by atoms with Gasteiger partial charge in [0.15, 0.2) is 0 Å². The summed E-state index contributed by atoms with van der Waals surface area (Å²) in [6.45, 7) is 3.31. The number of esters is 1. The van der Waals surface area contributed by atoms with Crippen LogP contribution in [0.1, 0.15) is 22.8 Å². The summed E-state index contributed by atoms with van der Waals surface area (Å²) in [4.78, 5) is 22.9. The molecule has 0 bridgehead atoms. The average molecular weight is 269 g/mol. The van der Waals surface area contributed by atoms with Gasteiger partial charge in [-0.1, -0.05) is 18.2 Å². The van der Waals surface area contributed by atoms with Crippen molar-refractivity contribution in [2.24, 2.45) is 0 Å². The van der Waals surface area contributed by atoms with Crippen LogP contribution in [0.4, 0.5) is 5.69 Å². The van der Waals surface area contributed by atoms with E-state index in [9.17, 15) is 9.59 Å². The minimum absolute atomic E-state index is 0.153. The zero-order chi connectivity index (χ0) is 14.5. The first-order valence-corrected chi connectivity index (χ1v) is 6.22. The van der Waals surface area contributed by atoms with E-state index in [2.05, 4.69) is 5.32 Å². The molecule has 4 nitrogen and oxygen atoms in total. The Morgan fingerprint density at radius 1 is 1.00 bits per heavy atom. The van der Waals surface area contributed by atoms with E-state index in [1.165, 1.54) is 6.92 Å². The van der Waals surface area contributed by atoms with Gasteiger partial charge in [0.1, 0.15) is 5.75 Å². The van der Waals surface area contributed by atoms with Crippen LogP contribution in [-0.2, 0) is 4.79 Å². The normalized spacial score (nSPS) is 9.90. The van der Waals surface area contributed by atoms with E-state index in [4.69, 9.17) is 4.74 Å². The van der Waals surface area contributed by atoms with Gasteiger partial charge in [0.2, 0.25) is 5.91 Å². The van der Waals surface area contributed by atoms with Crippen LogP contribution in [0.25, 0.3) is 0 Å². The zero-order valence-corrected chi connectivity index (χ0v) is 11.3. The molecular weight excluding hydrogens is 254 g/mol. The maximum atomic E-state index is 12.0. The number of benzene rings is 2. The second-order valence-electron chi connectivity index (χ2n) is 4.41.